The molecule has 1 fully saturated rings. The summed E-state index contributed by atoms with van der Waals surface area (Å²) in [5.74, 6) is -0.799. The Kier molecular flexibility index (Phi) is 4.80. The van der Waals surface area contributed by atoms with Gasteiger partial charge in [0.2, 0.25) is 20.9 Å². The van der Waals surface area contributed by atoms with E-state index in [4.69, 9.17) is 0 Å². The van der Waals surface area contributed by atoms with Crippen LogP contribution in [0.15, 0.2) is 17.6 Å². The van der Waals surface area contributed by atoms with Gasteiger partial charge in [-0.2, -0.15) is 0 Å². The zero-order valence-corrected chi connectivity index (χ0v) is 12.6. The second-order valence-electron chi connectivity index (χ2n) is 5.23. The molecule has 0 aliphatic carbocycles. The number of sulfone groups is 1. The molecule has 0 radical (unpaired) electrons. The molecule has 1 aromatic heterocycles. The summed E-state index contributed by atoms with van der Waals surface area (Å²) in [6, 6.07) is 0. The van der Waals surface area contributed by atoms with Crippen molar-refractivity contribution in [2.24, 2.45) is 7.05 Å². The highest BCUT2D eigenvalue weighted by atomic mass is 32.2. The Labute approximate surface area is 119 Å². The van der Waals surface area contributed by atoms with Crippen molar-refractivity contribution in [3.63, 3.8) is 0 Å². The average molecular weight is 299 g/mol. The Morgan fingerprint density at radius 2 is 1.80 bits per heavy atom. The first-order chi connectivity index (χ1) is 9.50. The molecule has 2 rings (SSSR count). The minimum absolute atomic E-state index is 0.0436. The summed E-state index contributed by atoms with van der Waals surface area (Å²) in [6.07, 6.45) is 8.31. The normalized spacial score (nSPS) is 17.6. The van der Waals surface area contributed by atoms with E-state index >= 15 is 0 Å². The van der Waals surface area contributed by atoms with Crippen LogP contribution >= 0.6 is 0 Å². The number of hydrogen-bond donors (Lipinski definition) is 0. The van der Waals surface area contributed by atoms with Crippen LogP contribution in [0.4, 0.5) is 0 Å². The number of carbonyl (C=O) groups excluding carboxylic acids is 1. The van der Waals surface area contributed by atoms with Crippen LogP contribution in [0, 0.1) is 0 Å². The van der Waals surface area contributed by atoms with Crippen molar-refractivity contribution in [3.05, 3.63) is 12.4 Å². The third kappa shape index (κ3) is 3.59. The summed E-state index contributed by atoms with van der Waals surface area (Å²) in [4.78, 5) is 17.7. The van der Waals surface area contributed by atoms with Gasteiger partial charge in [-0.15, -0.1) is 0 Å². The average Bonchev–Trinajstić information content (AvgIpc) is 2.74. The van der Waals surface area contributed by atoms with Crippen LogP contribution in [0.5, 0.6) is 0 Å². The molecule has 0 unspecified atom stereocenters. The highest BCUT2D eigenvalue weighted by molar-refractivity contribution is 7.91. The van der Waals surface area contributed by atoms with E-state index in [1.165, 1.54) is 17.2 Å². The molecular weight excluding hydrogens is 278 g/mol. The fourth-order valence-electron chi connectivity index (χ4n) is 2.47. The smallest absolute Gasteiger partial charge is 0.238 e. The van der Waals surface area contributed by atoms with Gasteiger partial charge >= 0.3 is 0 Å². The van der Waals surface area contributed by atoms with Gasteiger partial charge in [0.25, 0.3) is 0 Å². The van der Waals surface area contributed by atoms with Crippen molar-refractivity contribution < 1.29 is 13.2 Å². The first-order valence-electron chi connectivity index (χ1n) is 6.98. The maximum atomic E-state index is 12.2. The van der Waals surface area contributed by atoms with E-state index in [-0.39, 0.29) is 11.1 Å². The van der Waals surface area contributed by atoms with Gasteiger partial charge in [-0.3, -0.25) is 4.79 Å². The lowest BCUT2D eigenvalue weighted by Gasteiger charge is -2.24. The highest BCUT2D eigenvalue weighted by Crippen LogP contribution is 2.13. The van der Waals surface area contributed by atoms with Gasteiger partial charge in [0.15, 0.2) is 0 Å². The van der Waals surface area contributed by atoms with E-state index in [1.807, 2.05) is 0 Å². The summed E-state index contributed by atoms with van der Waals surface area (Å²) in [5, 5.41) is -0.0436. The number of nitrogens with zero attached hydrogens (tertiary/aromatic N) is 3. The lowest BCUT2D eigenvalue weighted by molar-refractivity contribution is -0.128. The first kappa shape index (κ1) is 15.0. The van der Waals surface area contributed by atoms with Crippen molar-refractivity contribution in [1.29, 1.82) is 0 Å². The molecular formula is C13H21N3O3S. The molecule has 6 nitrogen and oxygen atoms in total. The minimum Gasteiger partial charge on any atom is -0.342 e. The zero-order valence-electron chi connectivity index (χ0n) is 11.8. The summed E-state index contributed by atoms with van der Waals surface area (Å²) >= 11 is 0. The Morgan fingerprint density at radius 3 is 2.35 bits per heavy atom. The first-order valence-corrected chi connectivity index (χ1v) is 8.64. The molecule has 20 heavy (non-hydrogen) atoms. The standard InChI is InChI=1S/C13H21N3O3S/c1-15-10-7-14-13(15)20(18,19)11-12(17)16-8-5-3-2-4-6-9-16/h7,10H,2-6,8-9,11H2,1H3. The number of hydrogen-bond acceptors (Lipinski definition) is 4. The Hall–Kier alpha value is -1.37. The summed E-state index contributed by atoms with van der Waals surface area (Å²) in [7, 11) is -2.04. The van der Waals surface area contributed by atoms with Crippen molar-refractivity contribution in [3.8, 4) is 0 Å². The SMILES string of the molecule is Cn1ccnc1S(=O)(=O)CC(=O)N1CCCCCCC1. The van der Waals surface area contributed by atoms with Crippen LogP contribution in [0.3, 0.4) is 0 Å². The highest BCUT2D eigenvalue weighted by Gasteiger charge is 2.26. The van der Waals surface area contributed by atoms with E-state index < -0.39 is 15.6 Å². The van der Waals surface area contributed by atoms with Gasteiger partial charge in [-0.1, -0.05) is 19.3 Å². The third-order valence-electron chi connectivity index (χ3n) is 3.58. The molecule has 0 spiro atoms. The van der Waals surface area contributed by atoms with Gasteiger partial charge in [0.1, 0.15) is 5.75 Å². The van der Waals surface area contributed by atoms with Gasteiger partial charge in [-0.25, -0.2) is 13.4 Å². The zero-order chi connectivity index (χ0) is 14.6. The van der Waals surface area contributed by atoms with E-state index in [0.29, 0.717) is 13.1 Å². The maximum Gasteiger partial charge on any atom is 0.238 e. The molecule has 0 N–H and O–H groups in total. The molecule has 1 saturated heterocycles. The van der Waals surface area contributed by atoms with Crippen LogP contribution in [-0.2, 0) is 21.7 Å². The van der Waals surface area contributed by atoms with E-state index in [0.717, 1.165) is 25.7 Å². The molecule has 0 atom stereocenters. The lowest BCUT2D eigenvalue weighted by Crippen LogP contribution is -2.38. The summed E-state index contributed by atoms with van der Waals surface area (Å²) in [5.41, 5.74) is 0. The molecule has 2 heterocycles. The lowest BCUT2D eigenvalue weighted by atomic mass is 10.1. The second-order valence-corrected chi connectivity index (χ2v) is 7.11. The van der Waals surface area contributed by atoms with Gasteiger partial charge in [0, 0.05) is 32.5 Å². The van der Waals surface area contributed by atoms with E-state index in [2.05, 4.69) is 4.98 Å². The minimum atomic E-state index is -3.66. The molecule has 1 aromatic rings. The molecule has 1 aliphatic heterocycles. The fraction of sp³-hybridized carbons (Fsp3) is 0.692. The number of likely N-dealkylation sites (tertiary alicyclic amines) is 1. The van der Waals surface area contributed by atoms with Crippen molar-refractivity contribution >= 4 is 15.7 Å². The summed E-state index contributed by atoms with van der Waals surface area (Å²) < 4.78 is 25.8. The Balaban J connectivity index is 2.04. The number of rotatable bonds is 3. The van der Waals surface area contributed by atoms with Gasteiger partial charge in [0.05, 0.1) is 0 Å². The Bertz CT molecular complexity index is 557. The number of aromatic nitrogens is 2. The second kappa shape index (κ2) is 6.39. The van der Waals surface area contributed by atoms with Crippen LogP contribution in [0.2, 0.25) is 0 Å². The quantitative estimate of drug-likeness (QED) is 0.834. The van der Waals surface area contributed by atoms with Crippen molar-refractivity contribution in [2.75, 3.05) is 18.8 Å². The largest absolute Gasteiger partial charge is 0.342 e. The van der Waals surface area contributed by atoms with E-state index in [9.17, 15) is 13.2 Å². The molecule has 7 heteroatoms. The monoisotopic (exact) mass is 299 g/mol. The topological polar surface area (TPSA) is 72.3 Å². The van der Waals surface area contributed by atoms with Gasteiger partial charge < -0.3 is 9.47 Å². The van der Waals surface area contributed by atoms with Gasteiger partial charge in [-0.05, 0) is 12.8 Å². The Morgan fingerprint density at radius 1 is 1.20 bits per heavy atom. The molecule has 0 saturated carbocycles. The molecule has 0 bridgehead atoms. The molecule has 112 valence electrons. The van der Waals surface area contributed by atoms with E-state index in [1.54, 1.807) is 18.1 Å². The fourth-order valence-corrected chi connectivity index (χ4v) is 3.82. The predicted molar refractivity (Wildman–Crippen MR) is 74.9 cm³/mol. The number of aryl methyl sites for hydroxylation is 1. The number of imidazole rings is 1. The third-order valence-corrected chi connectivity index (χ3v) is 5.15. The molecule has 1 aliphatic rings. The van der Waals surface area contributed by atoms with Crippen LogP contribution in [0.25, 0.3) is 0 Å². The van der Waals surface area contributed by atoms with Crippen LogP contribution < -0.4 is 0 Å². The van der Waals surface area contributed by atoms with Crippen LogP contribution in [0.1, 0.15) is 32.1 Å². The molecule has 1 amide bonds. The van der Waals surface area contributed by atoms with Crippen molar-refractivity contribution in [1.82, 2.24) is 14.5 Å². The summed E-state index contributed by atoms with van der Waals surface area (Å²) in [6.45, 7) is 1.32. The number of carbonyl (C=O) groups is 1. The van der Waals surface area contributed by atoms with Crippen LogP contribution in [-0.4, -0.2) is 47.6 Å². The number of amides is 1. The predicted octanol–water partition coefficient (Wildman–Crippen LogP) is 0.986. The molecule has 0 aromatic carbocycles. The van der Waals surface area contributed by atoms with Crippen molar-refractivity contribution in [2.45, 2.75) is 37.3 Å². The maximum absolute atomic E-state index is 12.2.